The molecule has 1 aromatic heterocycles. The molecule has 0 aliphatic rings. The first-order chi connectivity index (χ1) is 11.8. The molecule has 3 rings (SSSR count). The van der Waals surface area contributed by atoms with Crippen LogP contribution < -0.4 is 11.3 Å². The maximum absolute atomic E-state index is 14.4. The van der Waals surface area contributed by atoms with Crippen LogP contribution in [0.15, 0.2) is 41.3 Å². The van der Waals surface area contributed by atoms with Crippen LogP contribution in [0.25, 0.3) is 10.8 Å². The highest BCUT2D eigenvalue weighted by Gasteiger charge is 2.23. The summed E-state index contributed by atoms with van der Waals surface area (Å²) in [6.07, 6.45) is 1.47. The Labute approximate surface area is 142 Å². The lowest BCUT2D eigenvalue weighted by molar-refractivity contribution is 0.103. The number of benzene rings is 2. The second-order valence-corrected chi connectivity index (χ2v) is 6.01. The fourth-order valence-electron chi connectivity index (χ4n) is 2.89. The van der Waals surface area contributed by atoms with E-state index in [-0.39, 0.29) is 16.7 Å². The number of carbonyl (C=O) groups is 1. The van der Waals surface area contributed by atoms with Crippen molar-refractivity contribution in [2.24, 2.45) is 5.73 Å². The number of H-pyrrole nitrogens is 1. The number of hydrogen-bond acceptors (Lipinski definition) is 3. The summed E-state index contributed by atoms with van der Waals surface area (Å²) in [7, 11) is 0. The molecule has 0 bridgehead atoms. The molecular weight excluding hydrogens is 326 g/mol. The molecule has 0 fully saturated rings. The number of rotatable bonds is 3. The smallest absolute Gasteiger partial charge is 0.255 e. The van der Waals surface area contributed by atoms with Gasteiger partial charge in [0.25, 0.3) is 5.56 Å². The van der Waals surface area contributed by atoms with E-state index in [9.17, 15) is 18.4 Å². The number of hydrogen-bond donors (Lipinski definition) is 2. The second kappa shape index (κ2) is 6.22. The number of pyridine rings is 1. The Balaban J connectivity index is 2.26. The molecule has 0 spiro atoms. The number of fused-ring (bicyclic) bond motifs is 1. The largest absolute Gasteiger partial charge is 0.328 e. The van der Waals surface area contributed by atoms with E-state index in [0.717, 1.165) is 12.1 Å². The van der Waals surface area contributed by atoms with Gasteiger partial charge in [0.2, 0.25) is 0 Å². The van der Waals surface area contributed by atoms with Crippen molar-refractivity contribution in [3.8, 4) is 0 Å². The van der Waals surface area contributed by atoms with Crippen molar-refractivity contribution < 1.29 is 13.6 Å². The van der Waals surface area contributed by atoms with Gasteiger partial charge in [-0.05, 0) is 43.2 Å². The van der Waals surface area contributed by atoms with E-state index in [2.05, 4.69) is 4.98 Å². The number of ketones is 1. The van der Waals surface area contributed by atoms with Crippen LogP contribution in [0, 0.1) is 18.6 Å². The zero-order chi connectivity index (χ0) is 18.3. The van der Waals surface area contributed by atoms with Gasteiger partial charge in [0, 0.05) is 28.6 Å². The molecule has 0 aliphatic heterocycles. The molecular formula is C19H16F2N2O2. The minimum atomic E-state index is -0.975. The number of aromatic amines is 1. The summed E-state index contributed by atoms with van der Waals surface area (Å²) in [5.41, 5.74) is 5.58. The lowest BCUT2D eigenvalue weighted by Crippen LogP contribution is -2.14. The van der Waals surface area contributed by atoms with Gasteiger partial charge in [-0.3, -0.25) is 9.59 Å². The van der Waals surface area contributed by atoms with E-state index in [1.54, 1.807) is 19.9 Å². The lowest BCUT2D eigenvalue weighted by atomic mass is 9.94. The Kier molecular flexibility index (Phi) is 4.22. The van der Waals surface area contributed by atoms with Crippen molar-refractivity contribution in [2.75, 3.05) is 0 Å². The molecule has 3 N–H and O–H groups in total. The molecule has 0 radical (unpaired) electrons. The zero-order valence-electron chi connectivity index (χ0n) is 13.7. The zero-order valence-corrected chi connectivity index (χ0v) is 13.7. The Morgan fingerprint density at radius 3 is 2.44 bits per heavy atom. The molecule has 0 saturated heterocycles. The van der Waals surface area contributed by atoms with Crippen LogP contribution in [0.5, 0.6) is 0 Å². The predicted molar refractivity (Wildman–Crippen MR) is 91.7 cm³/mol. The molecule has 128 valence electrons. The van der Waals surface area contributed by atoms with Crippen molar-refractivity contribution in [1.82, 2.24) is 4.98 Å². The van der Waals surface area contributed by atoms with Crippen LogP contribution in [0.2, 0.25) is 0 Å². The second-order valence-electron chi connectivity index (χ2n) is 6.01. The van der Waals surface area contributed by atoms with Gasteiger partial charge in [0.1, 0.15) is 11.6 Å². The quantitative estimate of drug-likeness (QED) is 0.717. The number of nitrogens with one attached hydrogen (secondary N) is 1. The number of nitrogens with two attached hydrogens (primary N) is 1. The van der Waals surface area contributed by atoms with Crippen LogP contribution in [0.4, 0.5) is 8.78 Å². The molecule has 0 aliphatic carbocycles. The highest BCUT2D eigenvalue weighted by atomic mass is 19.1. The van der Waals surface area contributed by atoms with Crippen molar-refractivity contribution >= 4 is 16.6 Å². The first-order valence-corrected chi connectivity index (χ1v) is 7.71. The first kappa shape index (κ1) is 17.0. The average molecular weight is 342 g/mol. The van der Waals surface area contributed by atoms with Gasteiger partial charge in [-0.25, -0.2) is 8.78 Å². The summed E-state index contributed by atoms with van der Waals surface area (Å²) in [6.45, 7) is 3.30. The maximum Gasteiger partial charge on any atom is 0.255 e. The fraction of sp³-hybridized carbons (Fsp3) is 0.158. The third-order valence-electron chi connectivity index (χ3n) is 4.19. The van der Waals surface area contributed by atoms with E-state index in [1.807, 2.05) is 0 Å². The molecule has 1 atom stereocenters. The standard InChI is InChI=1S/C19H16F2N2O2/c1-9-8-23-19(25)13-5-3-4-12(16(9)13)18(24)17-14(20)6-11(10(2)22)7-15(17)21/h3-8,10H,22H2,1-2H3,(H,23,25)/t10-/m1/s1. The summed E-state index contributed by atoms with van der Waals surface area (Å²) in [4.78, 5) is 27.4. The maximum atomic E-state index is 14.4. The van der Waals surface area contributed by atoms with Gasteiger partial charge in [0.05, 0.1) is 5.56 Å². The topological polar surface area (TPSA) is 76.0 Å². The molecule has 0 unspecified atom stereocenters. The van der Waals surface area contributed by atoms with E-state index >= 15 is 0 Å². The summed E-state index contributed by atoms with van der Waals surface area (Å²) in [5.74, 6) is -2.76. The van der Waals surface area contributed by atoms with Gasteiger partial charge >= 0.3 is 0 Å². The van der Waals surface area contributed by atoms with Crippen molar-refractivity contribution in [3.05, 3.63) is 80.8 Å². The third-order valence-corrected chi connectivity index (χ3v) is 4.19. The van der Waals surface area contributed by atoms with Gasteiger partial charge in [-0.1, -0.05) is 12.1 Å². The Morgan fingerprint density at radius 1 is 1.20 bits per heavy atom. The van der Waals surface area contributed by atoms with Crippen LogP contribution in [-0.2, 0) is 0 Å². The molecule has 0 amide bonds. The van der Waals surface area contributed by atoms with Crippen molar-refractivity contribution in [1.29, 1.82) is 0 Å². The third kappa shape index (κ3) is 2.85. The monoisotopic (exact) mass is 342 g/mol. The van der Waals surface area contributed by atoms with Gasteiger partial charge in [0.15, 0.2) is 5.78 Å². The molecule has 4 nitrogen and oxygen atoms in total. The highest BCUT2D eigenvalue weighted by Crippen LogP contribution is 2.26. The Bertz CT molecular complexity index is 1030. The molecule has 6 heteroatoms. The minimum Gasteiger partial charge on any atom is -0.328 e. The van der Waals surface area contributed by atoms with E-state index < -0.39 is 29.0 Å². The summed E-state index contributed by atoms with van der Waals surface area (Å²) in [6, 6.07) is 6.08. The number of halogens is 2. The van der Waals surface area contributed by atoms with E-state index in [0.29, 0.717) is 16.3 Å². The summed E-state index contributed by atoms with van der Waals surface area (Å²) in [5, 5.41) is 0.671. The van der Waals surface area contributed by atoms with E-state index in [1.165, 1.54) is 18.3 Å². The molecule has 3 aromatic rings. The number of aryl methyl sites for hydroxylation is 1. The first-order valence-electron chi connectivity index (χ1n) is 7.71. The Morgan fingerprint density at radius 2 is 1.84 bits per heavy atom. The SMILES string of the molecule is Cc1c[nH]c(=O)c2cccc(C(=O)c3c(F)cc([C@@H](C)N)cc3F)c12. The fourth-order valence-corrected chi connectivity index (χ4v) is 2.89. The lowest BCUT2D eigenvalue weighted by Gasteiger charge is -2.12. The molecule has 1 heterocycles. The van der Waals surface area contributed by atoms with Gasteiger partial charge < -0.3 is 10.7 Å². The van der Waals surface area contributed by atoms with Gasteiger partial charge in [-0.15, -0.1) is 0 Å². The predicted octanol–water partition coefficient (Wildman–Crippen LogP) is 3.37. The highest BCUT2D eigenvalue weighted by molar-refractivity contribution is 6.17. The van der Waals surface area contributed by atoms with Crippen molar-refractivity contribution in [3.63, 3.8) is 0 Å². The molecule has 0 saturated carbocycles. The number of carbonyl (C=O) groups excluding carboxylic acids is 1. The normalized spacial score (nSPS) is 12.4. The van der Waals surface area contributed by atoms with Crippen molar-refractivity contribution in [2.45, 2.75) is 19.9 Å². The summed E-state index contributed by atoms with van der Waals surface area (Å²) >= 11 is 0. The van der Waals surface area contributed by atoms with Crippen LogP contribution in [-0.4, -0.2) is 10.8 Å². The summed E-state index contributed by atoms with van der Waals surface area (Å²) < 4.78 is 28.8. The van der Waals surface area contributed by atoms with Crippen LogP contribution in [0.1, 0.15) is 40.0 Å². The van der Waals surface area contributed by atoms with Gasteiger partial charge in [-0.2, -0.15) is 0 Å². The Hall–Kier alpha value is -2.86. The average Bonchev–Trinajstić information content (AvgIpc) is 2.57. The van der Waals surface area contributed by atoms with E-state index in [4.69, 9.17) is 5.73 Å². The molecule has 2 aromatic carbocycles. The molecule has 25 heavy (non-hydrogen) atoms. The van der Waals surface area contributed by atoms with Crippen LogP contribution >= 0.6 is 0 Å². The minimum absolute atomic E-state index is 0.0763. The van der Waals surface area contributed by atoms with Crippen LogP contribution in [0.3, 0.4) is 0 Å². The number of aromatic nitrogens is 1.